The number of benzene rings is 8. The van der Waals surface area contributed by atoms with E-state index < -0.39 is 6.04 Å². The van der Waals surface area contributed by atoms with Crippen LogP contribution in [0.4, 0.5) is 39.8 Å². The lowest BCUT2D eigenvalue weighted by molar-refractivity contribution is 0.303. The van der Waals surface area contributed by atoms with E-state index in [2.05, 4.69) is 61.5 Å². The minimum atomic E-state index is -0.751. The molecule has 0 fully saturated rings. The van der Waals surface area contributed by atoms with Gasteiger partial charge in [-0.25, -0.2) is 0 Å². The lowest BCUT2D eigenvalue weighted by atomic mass is 9.89. The van der Waals surface area contributed by atoms with Gasteiger partial charge < -0.3 is 83.8 Å². The van der Waals surface area contributed by atoms with Gasteiger partial charge in [-0.05, 0) is 142 Å². The first kappa shape index (κ1) is 71.0. The van der Waals surface area contributed by atoms with E-state index in [0.29, 0.717) is 166 Å². The van der Waals surface area contributed by atoms with Crippen LogP contribution in [0.5, 0.6) is 46.0 Å². The maximum atomic E-state index is 7.67. The molecule has 0 spiro atoms. The third-order valence-corrected chi connectivity index (χ3v) is 16.9. The summed E-state index contributed by atoms with van der Waals surface area (Å²) in [6, 6.07) is 33.2. The zero-order valence-corrected chi connectivity index (χ0v) is 58.0. The monoisotopic (exact) mass is 1300 g/mol. The molecule has 0 radical (unpaired) electrons. The summed E-state index contributed by atoms with van der Waals surface area (Å²) in [5.74, 6) is 5.62. The lowest BCUT2D eigenvalue weighted by Crippen LogP contribution is -2.18. The molecule has 0 aromatic heterocycles. The second-order valence-corrected chi connectivity index (χ2v) is 25.4. The highest BCUT2D eigenvalue weighted by Crippen LogP contribution is 2.46. The third-order valence-electron chi connectivity index (χ3n) is 16.9. The van der Waals surface area contributed by atoms with Gasteiger partial charge in [-0.2, -0.15) is 0 Å². The molecule has 96 heavy (non-hydrogen) atoms. The van der Waals surface area contributed by atoms with Gasteiger partial charge >= 0.3 is 0 Å². The lowest BCUT2D eigenvalue weighted by Gasteiger charge is -2.25. The molecule has 16 heteroatoms. The van der Waals surface area contributed by atoms with E-state index in [1.165, 1.54) is 0 Å². The van der Waals surface area contributed by atoms with Gasteiger partial charge in [0.15, 0.2) is 0 Å². The number of hydrogen-bond donors (Lipinski definition) is 8. The van der Waals surface area contributed by atoms with Crippen LogP contribution >= 0.6 is 0 Å². The normalized spacial score (nSPS) is 13.2. The maximum Gasteiger partial charge on any atom is 0.128 e. The molecule has 16 nitrogen and oxygen atoms in total. The van der Waals surface area contributed by atoms with Crippen LogP contribution in [-0.2, 0) is 44.9 Å². The van der Waals surface area contributed by atoms with Crippen LogP contribution in [0.2, 0.25) is 0 Å². The fraction of sp³-hybridized carbons (Fsp3) is 0.400. The summed E-state index contributed by atoms with van der Waals surface area (Å²) in [6.07, 6.45) is 8.83. The van der Waals surface area contributed by atoms with Crippen LogP contribution in [0, 0.1) is 0 Å². The largest absolute Gasteiger partial charge is 0.493 e. The Kier molecular flexibility index (Phi) is 25.1. The van der Waals surface area contributed by atoms with E-state index in [4.69, 9.17) is 83.8 Å². The van der Waals surface area contributed by atoms with Crippen LogP contribution in [0.3, 0.4) is 0 Å². The number of ether oxygens (including phenoxy) is 8. The van der Waals surface area contributed by atoms with Crippen molar-refractivity contribution >= 4 is 39.8 Å². The van der Waals surface area contributed by atoms with E-state index in [-0.39, 0.29) is 0 Å². The SMILES string of the molecule is CCCOc1c2cc(N)cc1Cc1cc(N)cc(c1OCCC)Cc1cc(N)cc(c1OCCC)Cc1cccc(c1OCCC)C(N)c1cc(N)cc(c1OCCC)Cc1cc(N)cc(c1OCCC)Cc1cc(N)cc(c1OCCC)Cc1cc(N)cc(c1OCCC)C2. The van der Waals surface area contributed by atoms with E-state index >= 15 is 0 Å². The molecule has 16 N–H and O–H groups in total. The van der Waals surface area contributed by atoms with Gasteiger partial charge in [-0.3, -0.25) is 0 Å². The number of nitrogens with two attached hydrogens (primary N) is 8. The molecule has 0 aliphatic heterocycles. The van der Waals surface area contributed by atoms with E-state index in [9.17, 15) is 0 Å². The average molecular weight is 1310 g/mol. The molecule has 0 saturated heterocycles. The first-order chi connectivity index (χ1) is 46.5. The summed E-state index contributed by atoms with van der Waals surface area (Å²) in [4.78, 5) is 0. The van der Waals surface area contributed by atoms with Gasteiger partial charge in [0.2, 0.25) is 0 Å². The predicted molar refractivity (Wildman–Crippen MR) is 394 cm³/mol. The van der Waals surface area contributed by atoms with Gasteiger partial charge in [-0.1, -0.05) is 73.6 Å². The molecule has 512 valence electrons. The molecule has 8 aromatic carbocycles. The summed E-state index contributed by atoms with van der Waals surface area (Å²) >= 11 is 0. The standard InChI is InChI=1S/C80H104N8O8/c1-9-20-89-73-50-28-49-18-17-19-70(79(49)95-26-15-7)72(88)71-48-69(87)47-62(80(71)96-27-16-8)34-61-46-68(86)45-60(78(61)94-25-14-6)33-59-44-67(85)43-58(77(59)93-24-13-5)32-57-42-66(84)41-56(76(57)92-23-12-4)31-55-40-65(83)39-54(75(55)91-22-11-3)30-53-38-64(82)37-52(74(53)90-21-10-2)29-51(73)36-63(81)35-50/h17-19,35-48,72H,9-16,20-34,81-88H2,1-8H3. The zero-order valence-electron chi connectivity index (χ0n) is 58.0. The van der Waals surface area contributed by atoms with Gasteiger partial charge in [0.05, 0.1) is 58.9 Å². The zero-order chi connectivity index (χ0) is 68.4. The molecule has 8 aromatic rings. The van der Waals surface area contributed by atoms with Crippen molar-refractivity contribution in [3.05, 3.63) is 192 Å². The van der Waals surface area contributed by atoms with E-state index in [1.807, 2.05) is 97.1 Å². The minimum Gasteiger partial charge on any atom is -0.493 e. The van der Waals surface area contributed by atoms with Crippen molar-refractivity contribution in [3.63, 3.8) is 0 Å². The fourth-order valence-electron chi connectivity index (χ4n) is 13.1. The summed E-state index contributed by atoms with van der Waals surface area (Å²) < 4.78 is 54.9. The Hall–Kier alpha value is -9.28. The van der Waals surface area contributed by atoms with Gasteiger partial charge in [-0.15, -0.1) is 0 Å². The van der Waals surface area contributed by atoms with Crippen molar-refractivity contribution in [2.45, 2.75) is 158 Å². The van der Waals surface area contributed by atoms with E-state index in [0.717, 1.165) is 158 Å². The van der Waals surface area contributed by atoms with Crippen molar-refractivity contribution in [2.75, 3.05) is 93.0 Å². The van der Waals surface area contributed by atoms with Crippen LogP contribution in [-0.4, -0.2) is 52.9 Å². The van der Waals surface area contributed by atoms with Gasteiger partial charge in [0.25, 0.3) is 0 Å². The Labute approximate surface area is 569 Å². The Balaban J connectivity index is 1.32. The summed E-state index contributed by atoms with van der Waals surface area (Å²) in [5.41, 5.74) is 74.4. The summed E-state index contributed by atoms with van der Waals surface area (Å²) in [6.45, 7) is 20.4. The number of anilines is 7. The topological polar surface area (TPSA) is 282 Å². The molecule has 0 amide bonds. The highest BCUT2D eigenvalue weighted by atomic mass is 16.5. The predicted octanol–water partition coefficient (Wildman–Crippen LogP) is 15.6. The maximum absolute atomic E-state index is 7.67. The van der Waals surface area contributed by atoms with Gasteiger partial charge in [0, 0.05) is 168 Å². The molecular formula is C80H104N8O8. The Morgan fingerprint density at radius 2 is 0.417 bits per heavy atom. The highest BCUT2D eigenvalue weighted by molar-refractivity contribution is 5.67. The number of fused-ring (bicyclic) bond motifs is 16. The molecule has 9 rings (SSSR count). The van der Waals surface area contributed by atoms with Gasteiger partial charge in [0.1, 0.15) is 46.0 Å². The summed E-state index contributed by atoms with van der Waals surface area (Å²) in [7, 11) is 0. The Bertz CT molecular complexity index is 3960. The Morgan fingerprint density at radius 3 is 0.635 bits per heavy atom. The fourth-order valence-corrected chi connectivity index (χ4v) is 13.1. The molecule has 0 heterocycles. The smallest absolute Gasteiger partial charge is 0.128 e. The molecule has 16 bridgehead atoms. The number of para-hydroxylation sites is 1. The first-order valence-corrected chi connectivity index (χ1v) is 34.8. The van der Waals surface area contributed by atoms with Crippen molar-refractivity contribution in [1.82, 2.24) is 0 Å². The van der Waals surface area contributed by atoms with Crippen molar-refractivity contribution < 1.29 is 37.9 Å². The van der Waals surface area contributed by atoms with Crippen LogP contribution < -0.4 is 83.8 Å². The molecule has 1 aliphatic rings. The molecule has 1 aliphatic carbocycles. The molecular weight excluding hydrogens is 1200 g/mol. The van der Waals surface area contributed by atoms with Crippen LogP contribution in [0.1, 0.15) is 202 Å². The Morgan fingerprint density at radius 1 is 0.240 bits per heavy atom. The second kappa shape index (κ2) is 33.9. The third kappa shape index (κ3) is 17.4. The summed E-state index contributed by atoms with van der Waals surface area (Å²) in [5, 5.41) is 0. The molecule has 0 saturated carbocycles. The average Bonchev–Trinajstić information content (AvgIpc) is 0.789. The number of rotatable bonds is 24. The van der Waals surface area contributed by atoms with Crippen LogP contribution in [0.25, 0.3) is 0 Å². The highest BCUT2D eigenvalue weighted by Gasteiger charge is 2.29. The quantitative estimate of drug-likeness (QED) is 0.0261. The first-order valence-electron chi connectivity index (χ1n) is 34.8. The molecule has 1 unspecified atom stereocenters. The minimum absolute atomic E-state index is 0.352. The van der Waals surface area contributed by atoms with Crippen molar-refractivity contribution in [2.24, 2.45) is 5.73 Å². The number of nitrogen functional groups attached to an aromatic ring is 7. The van der Waals surface area contributed by atoms with Crippen molar-refractivity contribution in [3.8, 4) is 46.0 Å². The number of hydrogen-bond acceptors (Lipinski definition) is 16. The van der Waals surface area contributed by atoms with Crippen LogP contribution in [0.15, 0.2) is 103 Å². The van der Waals surface area contributed by atoms with E-state index in [1.54, 1.807) is 0 Å². The molecule has 1 atom stereocenters. The second-order valence-electron chi connectivity index (χ2n) is 25.4. The van der Waals surface area contributed by atoms with Crippen molar-refractivity contribution in [1.29, 1.82) is 0 Å².